The van der Waals surface area contributed by atoms with Gasteiger partial charge >= 0.3 is 0 Å². The predicted octanol–water partition coefficient (Wildman–Crippen LogP) is 6.32. The molecule has 0 bridgehead atoms. The van der Waals surface area contributed by atoms with Crippen LogP contribution in [0, 0.1) is 5.92 Å². The fourth-order valence-electron chi connectivity index (χ4n) is 4.32. The number of hydrogen-bond donors (Lipinski definition) is 1. The molecule has 3 rings (SSSR count). The molecule has 1 heteroatoms. The highest BCUT2D eigenvalue weighted by Gasteiger charge is 2.24. The van der Waals surface area contributed by atoms with Gasteiger partial charge in [-0.25, -0.2) is 0 Å². The van der Waals surface area contributed by atoms with Gasteiger partial charge in [0.2, 0.25) is 0 Å². The van der Waals surface area contributed by atoms with Crippen LogP contribution in [0.3, 0.4) is 0 Å². The van der Waals surface area contributed by atoms with Crippen molar-refractivity contribution in [2.24, 2.45) is 5.92 Å². The molecule has 0 heterocycles. The van der Waals surface area contributed by atoms with Crippen molar-refractivity contribution in [1.82, 2.24) is 0 Å². The molecule has 1 nitrogen and oxygen atoms in total. The van der Waals surface area contributed by atoms with Crippen molar-refractivity contribution in [2.75, 3.05) is 5.73 Å². The van der Waals surface area contributed by atoms with Gasteiger partial charge in [-0.1, -0.05) is 75.1 Å². The second kappa shape index (κ2) is 8.37. The Hall–Kier alpha value is -1.76. The number of nitrogens with two attached hydrogens (primary N) is 1. The third kappa shape index (κ3) is 4.20. The van der Waals surface area contributed by atoms with Crippen molar-refractivity contribution in [2.45, 2.75) is 64.2 Å². The highest BCUT2D eigenvalue weighted by Crippen LogP contribution is 2.39. The minimum absolute atomic E-state index is 0.756. The first-order valence-corrected chi connectivity index (χ1v) is 9.70. The topological polar surface area (TPSA) is 26.0 Å². The van der Waals surface area contributed by atoms with Gasteiger partial charge in [-0.05, 0) is 60.3 Å². The molecule has 0 aliphatic heterocycles. The Bertz CT molecular complexity index is 623. The van der Waals surface area contributed by atoms with Crippen LogP contribution >= 0.6 is 0 Å². The molecule has 24 heavy (non-hydrogen) atoms. The highest BCUT2D eigenvalue weighted by atomic mass is 14.6. The molecule has 0 saturated heterocycles. The number of para-hydroxylation sites is 1. The zero-order valence-corrected chi connectivity index (χ0v) is 15.0. The van der Waals surface area contributed by atoms with Crippen LogP contribution in [0.4, 0.5) is 5.69 Å². The molecule has 0 aromatic heterocycles. The molecule has 1 fully saturated rings. The summed E-state index contributed by atoms with van der Waals surface area (Å²) in [4.78, 5) is 0. The van der Waals surface area contributed by atoms with Gasteiger partial charge in [0.15, 0.2) is 0 Å². The maximum Gasteiger partial charge on any atom is 0.0349 e. The van der Waals surface area contributed by atoms with Crippen LogP contribution in [0.25, 0.3) is 0 Å². The third-order valence-electron chi connectivity index (χ3n) is 5.68. The van der Waals surface area contributed by atoms with E-state index in [1.807, 2.05) is 12.1 Å². The van der Waals surface area contributed by atoms with Crippen LogP contribution < -0.4 is 5.73 Å². The monoisotopic (exact) mass is 321 g/mol. The summed E-state index contributed by atoms with van der Waals surface area (Å²) in [5.74, 6) is 1.65. The molecule has 1 aliphatic rings. The molecule has 128 valence electrons. The first kappa shape index (κ1) is 17.1. The van der Waals surface area contributed by atoms with Crippen LogP contribution in [-0.2, 0) is 6.42 Å². The quantitative estimate of drug-likeness (QED) is 0.619. The van der Waals surface area contributed by atoms with E-state index in [1.165, 1.54) is 56.1 Å². The van der Waals surface area contributed by atoms with Crippen LogP contribution in [0.5, 0.6) is 0 Å². The van der Waals surface area contributed by atoms with E-state index in [-0.39, 0.29) is 0 Å². The molecule has 1 saturated carbocycles. The van der Waals surface area contributed by atoms with E-state index in [4.69, 9.17) is 5.73 Å². The maximum absolute atomic E-state index is 6.08. The molecule has 2 aromatic carbocycles. The van der Waals surface area contributed by atoms with E-state index in [2.05, 4.69) is 43.3 Å². The van der Waals surface area contributed by atoms with Gasteiger partial charge in [0.05, 0.1) is 0 Å². The van der Waals surface area contributed by atoms with Gasteiger partial charge in [-0.15, -0.1) is 0 Å². The molecule has 0 radical (unpaired) electrons. The Morgan fingerprint density at radius 3 is 2.33 bits per heavy atom. The molecule has 2 aromatic rings. The summed E-state index contributed by atoms with van der Waals surface area (Å²) < 4.78 is 0. The first-order chi connectivity index (χ1) is 11.8. The molecular weight excluding hydrogens is 290 g/mol. The molecule has 2 N–H and O–H groups in total. The molecule has 0 amide bonds. The molecular formula is C23H31N. The van der Waals surface area contributed by atoms with Crippen molar-refractivity contribution in [3.8, 4) is 0 Å². The fraction of sp³-hybridized carbons (Fsp3) is 0.478. The first-order valence-electron chi connectivity index (χ1n) is 9.70. The zero-order valence-electron chi connectivity index (χ0n) is 15.0. The fourth-order valence-corrected chi connectivity index (χ4v) is 4.32. The SMILES string of the molecule is CCCC(c1ccc(Cc2ccccc2N)cc1)C1CCCCC1. The Kier molecular flexibility index (Phi) is 5.96. The average molecular weight is 322 g/mol. The van der Waals surface area contributed by atoms with E-state index in [1.54, 1.807) is 5.56 Å². The lowest BCUT2D eigenvalue weighted by Crippen LogP contribution is -2.16. The number of hydrogen-bond acceptors (Lipinski definition) is 1. The lowest BCUT2D eigenvalue weighted by atomic mass is 9.75. The smallest absolute Gasteiger partial charge is 0.0349 e. The Balaban J connectivity index is 1.73. The zero-order chi connectivity index (χ0) is 16.8. The number of anilines is 1. The van der Waals surface area contributed by atoms with Crippen molar-refractivity contribution in [3.63, 3.8) is 0 Å². The normalized spacial score (nSPS) is 16.9. The lowest BCUT2D eigenvalue weighted by molar-refractivity contribution is 0.293. The summed E-state index contributed by atoms with van der Waals surface area (Å²) in [7, 11) is 0. The molecule has 0 spiro atoms. The standard InChI is InChI=1S/C23H31N/c1-2-8-22(19-9-4-3-5-10-19)20-15-13-18(14-16-20)17-21-11-6-7-12-23(21)24/h6-7,11-16,19,22H,2-5,8-10,17,24H2,1H3. The number of rotatable bonds is 6. The summed E-state index contributed by atoms with van der Waals surface area (Å²) in [6.45, 7) is 2.32. The number of benzene rings is 2. The predicted molar refractivity (Wildman–Crippen MR) is 104 cm³/mol. The molecule has 1 unspecified atom stereocenters. The average Bonchev–Trinajstić information content (AvgIpc) is 2.63. The van der Waals surface area contributed by atoms with E-state index >= 15 is 0 Å². The molecule has 1 atom stereocenters. The summed E-state index contributed by atoms with van der Waals surface area (Å²) >= 11 is 0. The minimum atomic E-state index is 0.756. The highest BCUT2D eigenvalue weighted by molar-refractivity contribution is 5.48. The second-order valence-corrected chi connectivity index (χ2v) is 7.41. The van der Waals surface area contributed by atoms with Gasteiger partial charge in [0.25, 0.3) is 0 Å². The van der Waals surface area contributed by atoms with Gasteiger partial charge in [0.1, 0.15) is 0 Å². The van der Waals surface area contributed by atoms with E-state index in [0.717, 1.165) is 23.9 Å². The largest absolute Gasteiger partial charge is 0.398 e. The second-order valence-electron chi connectivity index (χ2n) is 7.41. The minimum Gasteiger partial charge on any atom is -0.398 e. The maximum atomic E-state index is 6.08. The van der Waals surface area contributed by atoms with E-state index < -0.39 is 0 Å². The van der Waals surface area contributed by atoms with Crippen LogP contribution in [0.2, 0.25) is 0 Å². The number of nitrogen functional groups attached to an aromatic ring is 1. The van der Waals surface area contributed by atoms with Gasteiger partial charge in [-0.3, -0.25) is 0 Å². The summed E-state index contributed by atoms with van der Waals surface area (Å²) in [6.07, 6.45) is 10.7. The van der Waals surface area contributed by atoms with Crippen molar-refractivity contribution < 1.29 is 0 Å². The van der Waals surface area contributed by atoms with E-state index in [9.17, 15) is 0 Å². The van der Waals surface area contributed by atoms with Crippen molar-refractivity contribution >= 4 is 5.69 Å². The van der Waals surface area contributed by atoms with Gasteiger partial charge in [0, 0.05) is 5.69 Å². The lowest BCUT2D eigenvalue weighted by Gasteiger charge is -2.30. The molecule has 1 aliphatic carbocycles. The Morgan fingerprint density at radius 1 is 0.958 bits per heavy atom. The van der Waals surface area contributed by atoms with Crippen LogP contribution in [0.15, 0.2) is 48.5 Å². The summed E-state index contributed by atoms with van der Waals surface area (Å²) in [6, 6.07) is 17.6. The van der Waals surface area contributed by atoms with Crippen molar-refractivity contribution in [1.29, 1.82) is 0 Å². The van der Waals surface area contributed by atoms with Crippen molar-refractivity contribution in [3.05, 3.63) is 65.2 Å². The summed E-state index contributed by atoms with van der Waals surface area (Å²) in [5, 5.41) is 0. The van der Waals surface area contributed by atoms with Crippen LogP contribution in [-0.4, -0.2) is 0 Å². The van der Waals surface area contributed by atoms with E-state index in [0.29, 0.717) is 0 Å². The third-order valence-corrected chi connectivity index (χ3v) is 5.68. The van der Waals surface area contributed by atoms with Gasteiger partial charge in [-0.2, -0.15) is 0 Å². The Morgan fingerprint density at radius 2 is 1.67 bits per heavy atom. The Labute approximate surface area is 147 Å². The van der Waals surface area contributed by atoms with Gasteiger partial charge < -0.3 is 5.73 Å². The van der Waals surface area contributed by atoms with Crippen LogP contribution in [0.1, 0.15) is 74.5 Å². The summed E-state index contributed by atoms with van der Waals surface area (Å²) in [5.41, 5.74) is 11.1.